The van der Waals surface area contributed by atoms with E-state index < -0.39 is 6.10 Å². The maximum Gasteiger partial charge on any atom is 0.126 e. The fraction of sp³-hybridized carbons (Fsp3) is 0.600. The molecule has 5 nitrogen and oxygen atoms in total. The average Bonchev–Trinajstić information content (AvgIpc) is 2.46. The van der Waals surface area contributed by atoms with Crippen molar-refractivity contribution in [2.45, 2.75) is 32.1 Å². The number of rotatable bonds is 4. The number of aliphatic hydroxyl groups is 2. The molecule has 2 N–H and O–H groups in total. The molecule has 2 unspecified atom stereocenters. The van der Waals surface area contributed by atoms with Crippen molar-refractivity contribution in [3.8, 4) is 5.75 Å². The van der Waals surface area contributed by atoms with Crippen LogP contribution in [-0.4, -0.2) is 49.2 Å². The van der Waals surface area contributed by atoms with Gasteiger partial charge in [-0.2, -0.15) is 0 Å². The molecule has 1 aliphatic heterocycles. The number of ether oxygens (including phenoxy) is 2. The van der Waals surface area contributed by atoms with Gasteiger partial charge >= 0.3 is 0 Å². The Labute approximate surface area is 119 Å². The molecule has 0 aliphatic carbocycles. The summed E-state index contributed by atoms with van der Waals surface area (Å²) >= 11 is 0. The third-order valence-electron chi connectivity index (χ3n) is 3.70. The fourth-order valence-electron chi connectivity index (χ4n) is 2.64. The van der Waals surface area contributed by atoms with Gasteiger partial charge in [-0.3, -0.25) is 0 Å². The van der Waals surface area contributed by atoms with E-state index in [1.165, 1.54) is 0 Å². The molecule has 3 atom stereocenters. The molecule has 1 aromatic carbocycles. The van der Waals surface area contributed by atoms with Gasteiger partial charge in [-0.1, -0.05) is 6.07 Å². The van der Waals surface area contributed by atoms with Crippen LogP contribution in [0.25, 0.3) is 0 Å². The summed E-state index contributed by atoms with van der Waals surface area (Å²) < 4.78 is 10.9. The predicted octanol–water partition coefficient (Wildman–Crippen LogP) is 1.33. The Balaban J connectivity index is 2.40. The lowest BCUT2D eigenvalue weighted by atomic mass is 10.0. The lowest BCUT2D eigenvalue weighted by Crippen LogP contribution is -2.50. The maximum absolute atomic E-state index is 10.1. The summed E-state index contributed by atoms with van der Waals surface area (Å²) in [5, 5.41) is 19.4. The minimum atomic E-state index is -0.622. The number of anilines is 1. The molecule has 0 amide bonds. The van der Waals surface area contributed by atoms with E-state index in [9.17, 15) is 10.2 Å². The molecule has 0 spiro atoms. The van der Waals surface area contributed by atoms with Gasteiger partial charge in [-0.25, -0.2) is 0 Å². The van der Waals surface area contributed by atoms with Gasteiger partial charge < -0.3 is 24.6 Å². The highest BCUT2D eigenvalue weighted by atomic mass is 16.5. The Morgan fingerprint density at radius 1 is 1.50 bits per heavy atom. The number of nitrogens with zero attached hydrogens (tertiary/aromatic N) is 1. The summed E-state index contributed by atoms with van der Waals surface area (Å²) in [6, 6.07) is 5.92. The van der Waals surface area contributed by atoms with Crippen LogP contribution >= 0.6 is 0 Å². The highest BCUT2D eigenvalue weighted by Crippen LogP contribution is 2.36. The van der Waals surface area contributed by atoms with Crippen LogP contribution in [0.15, 0.2) is 18.2 Å². The van der Waals surface area contributed by atoms with E-state index in [4.69, 9.17) is 9.47 Å². The monoisotopic (exact) mass is 281 g/mol. The Morgan fingerprint density at radius 2 is 2.25 bits per heavy atom. The minimum absolute atomic E-state index is 0.00278. The first kappa shape index (κ1) is 15.1. The van der Waals surface area contributed by atoms with Crippen molar-refractivity contribution in [1.82, 2.24) is 0 Å². The van der Waals surface area contributed by atoms with Crippen molar-refractivity contribution in [2.24, 2.45) is 0 Å². The molecule has 0 aromatic heterocycles. The molecule has 2 rings (SSSR count). The SMILES string of the molecule is COc1cccc(N2CC(CO)OCC2C)c1[C@H](C)O. The van der Waals surface area contributed by atoms with E-state index in [0.717, 1.165) is 11.3 Å². The first-order valence-corrected chi connectivity index (χ1v) is 6.92. The highest BCUT2D eigenvalue weighted by molar-refractivity contribution is 5.61. The second-order valence-electron chi connectivity index (χ2n) is 5.21. The standard InChI is InChI=1S/C15H23NO4/c1-10-9-20-12(8-17)7-16(10)13-5-4-6-14(19-3)15(13)11(2)18/h4-6,10-12,17-18H,7-9H2,1-3H3/t10?,11-,12?/m0/s1. The van der Waals surface area contributed by atoms with Gasteiger partial charge in [0.15, 0.2) is 0 Å². The molecule has 1 fully saturated rings. The van der Waals surface area contributed by atoms with Crippen LogP contribution in [0, 0.1) is 0 Å². The van der Waals surface area contributed by atoms with Crippen molar-refractivity contribution in [1.29, 1.82) is 0 Å². The lowest BCUT2D eigenvalue weighted by Gasteiger charge is -2.40. The van der Waals surface area contributed by atoms with Crippen LogP contribution in [0.4, 0.5) is 5.69 Å². The molecule has 1 aliphatic rings. The van der Waals surface area contributed by atoms with E-state index in [0.29, 0.717) is 18.9 Å². The first-order valence-electron chi connectivity index (χ1n) is 6.92. The zero-order valence-electron chi connectivity index (χ0n) is 12.2. The third-order valence-corrected chi connectivity index (χ3v) is 3.70. The van der Waals surface area contributed by atoms with Gasteiger partial charge in [-0.05, 0) is 26.0 Å². The van der Waals surface area contributed by atoms with Gasteiger partial charge in [0.05, 0.1) is 32.5 Å². The largest absolute Gasteiger partial charge is 0.496 e. The van der Waals surface area contributed by atoms with Crippen LogP contribution in [0.3, 0.4) is 0 Å². The molecule has 1 saturated heterocycles. The van der Waals surface area contributed by atoms with Gasteiger partial charge in [0.1, 0.15) is 5.75 Å². The second kappa shape index (κ2) is 6.43. The molecule has 1 heterocycles. The van der Waals surface area contributed by atoms with E-state index in [2.05, 4.69) is 11.8 Å². The van der Waals surface area contributed by atoms with E-state index in [1.54, 1.807) is 14.0 Å². The van der Waals surface area contributed by atoms with Crippen molar-refractivity contribution in [3.05, 3.63) is 23.8 Å². The van der Waals surface area contributed by atoms with Crippen LogP contribution < -0.4 is 9.64 Å². The van der Waals surface area contributed by atoms with Crippen molar-refractivity contribution in [3.63, 3.8) is 0 Å². The zero-order valence-corrected chi connectivity index (χ0v) is 12.2. The second-order valence-corrected chi connectivity index (χ2v) is 5.21. The van der Waals surface area contributed by atoms with Crippen molar-refractivity contribution in [2.75, 3.05) is 31.8 Å². The minimum Gasteiger partial charge on any atom is -0.496 e. The van der Waals surface area contributed by atoms with Gasteiger partial charge in [0.25, 0.3) is 0 Å². The van der Waals surface area contributed by atoms with Gasteiger partial charge in [0.2, 0.25) is 0 Å². The lowest BCUT2D eigenvalue weighted by molar-refractivity contribution is -0.0105. The number of hydrogen-bond donors (Lipinski definition) is 2. The van der Waals surface area contributed by atoms with Gasteiger partial charge in [-0.15, -0.1) is 0 Å². The fourth-order valence-corrected chi connectivity index (χ4v) is 2.64. The topological polar surface area (TPSA) is 62.2 Å². The zero-order chi connectivity index (χ0) is 14.7. The quantitative estimate of drug-likeness (QED) is 0.872. The number of methoxy groups -OCH3 is 1. The molecule has 0 bridgehead atoms. The van der Waals surface area contributed by atoms with E-state index in [-0.39, 0.29) is 18.8 Å². The molecular formula is C15H23NO4. The molecule has 112 valence electrons. The first-order chi connectivity index (χ1) is 9.58. The van der Waals surface area contributed by atoms with Crippen LogP contribution in [-0.2, 0) is 4.74 Å². The summed E-state index contributed by atoms with van der Waals surface area (Å²) in [4.78, 5) is 2.16. The summed E-state index contributed by atoms with van der Waals surface area (Å²) in [5.74, 6) is 0.678. The summed E-state index contributed by atoms with van der Waals surface area (Å²) in [7, 11) is 1.60. The van der Waals surface area contributed by atoms with E-state index >= 15 is 0 Å². The third kappa shape index (κ3) is 2.90. The summed E-state index contributed by atoms with van der Waals surface area (Å²) in [6.07, 6.45) is -0.817. The molecule has 0 radical (unpaired) electrons. The Morgan fingerprint density at radius 3 is 2.85 bits per heavy atom. The number of morpholine rings is 1. The number of benzene rings is 1. The molecule has 1 aromatic rings. The van der Waals surface area contributed by atoms with E-state index in [1.807, 2.05) is 18.2 Å². The van der Waals surface area contributed by atoms with Crippen molar-refractivity contribution >= 4 is 5.69 Å². The number of aliphatic hydroxyl groups excluding tert-OH is 2. The molecule has 0 saturated carbocycles. The molecular weight excluding hydrogens is 258 g/mol. The maximum atomic E-state index is 10.1. The van der Waals surface area contributed by atoms with Gasteiger partial charge in [0, 0.05) is 23.8 Å². The Hall–Kier alpha value is -1.30. The Kier molecular flexibility index (Phi) is 4.86. The van der Waals surface area contributed by atoms with Crippen molar-refractivity contribution < 1.29 is 19.7 Å². The molecule has 20 heavy (non-hydrogen) atoms. The number of hydrogen-bond acceptors (Lipinski definition) is 5. The van der Waals surface area contributed by atoms with Crippen LogP contribution in [0.2, 0.25) is 0 Å². The predicted molar refractivity (Wildman–Crippen MR) is 77.3 cm³/mol. The Bertz CT molecular complexity index is 449. The smallest absolute Gasteiger partial charge is 0.126 e. The molecule has 5 heteroatoms. The van der Waals surface area contributed by atoms with Crippen LogP contribution in [0.1, 0.15) is 25.5 Å². The summed E-state index contributed by atoms with van der Waals surface area (Å²) in [5.41, 5.74) is 1.72. The van der Waals surface area contributed by atoms with Crippen LogP contribution in [0.5, 0.6) is 5.75 Å². The summed E-state index contributed by atoms with van der Waals surface area (Å²) in [6.45, 7) is 4.96. The normalized spacial score (nSPS) is 24.6. The highest BCUT2D eigenvalue weighted by Gasteiger charge is 2.29. The average molecular weight is 281 g/mol.